The molecule has 0 unspecified atom stereocenters. The molecule has 2 aromatic rings. The van der Waals surface area contributed by atoms with E-state index in [9.17, 15) is 0 Å². The normalized spacial score (nSPS) is 10.4. The lowest BCUT2D eigenvalue weighted by Crippen LogP contribution is -1.84. The average Bonchev–Trinajstić information content (AvgIpc) is 2.30. The van der Waals surface area contributed by atoms with Crippen LogP contribution >= 0.6 is 15.9 Å². The van der Waals surface area contributed by atoms with Crippen molar-refractivity contribution >= 4 is 15.9 Å². The van der Waals surface area contributed by atoms with Gasteiger partial charge in [-0.2, -0.15) is 0 Å². The Morgan fingerprint density at radius 3 is 2.62 bits per heavy atom. The molecule has 0 amide bonds. The number of aryl methyl sites for hydroxylation is 1. The molecular weight excluding hydrogens is 260 g/mol. The largest absolute Gasteiger partial charge is 0.0651 e. The third-order valence-corrected chi connectivity index (χ3v) is 3.05. The molecule has 1 radical (unpaired) electrons. The van der Waals surface area contributed by atoms with Gasteiger partial charge in [0.1, 0.15) is 0 Å². The first-order valence-corrected chi connectivity index (χ1v) is 6.35. The van der Waals surface area contributed by atoms with Crippen LogP contribution in [0, 0.1) is 6.07 Å². The lowest BCUT2D eigenvalue weighted by atomic mass is 10.0. The van der Waals surface area contributed by atoms with Crippen molar-refractivity contribution in [1.29, 1.82) is 0 Å². The van der Waals surface area contributed by atoms with Crippen LogP contribution in [0.1, 0.15) is 18.9 Å². The van der Waals surface area contributed by atoms with E-state index >= 15 is 0 Å². The van der Waals surface area contributed by atoms with E-state index in [0.29, 0.717) is 0 Å². The highest BCUT2D eigenvalue weighted by atomic mass is 79.9. The summed E-state index contributed by atoms with van der Waals surface area (Å²) in [5.74, 6) is 0. The van der Waals surface area contributed by atoms with Gasteiger partial charge in [0.25, 0.3) is 0 Å². The predicted octanol–water partition coefficient (Wildman–Crippen LogP) is 4.87. The van der Waals surface area contributed by atoms with E-state index < -0.39 is 0 Å². The zero-order valence-electron chi connectivity index (χ0n) is 9.33. The summed E-state index contributed by atoms with van der Waals surface area (Å²) in [7, 11) is 0. The minimum Gasteiger partial charge on any atom is -0.0651 e. The monoisotopic (exact) mass is 273 g/mol. The Kier molecular flexibility index (Phi) is 3.79. The van der Waals surface area contributed by atoms with Gasteiger partial charge in [-0.05, 0) is 47.4 Å². The molecule has 0 atom stereocenters. The van der Waals surface area contributed by atoms with Crippen molar-refractivity contribution in [2.45, 2.75) is 19.8 Å². The van der Waals surface area contributed by atoms with Gasteiger partial charge in [-0.15, -0.1) is 0 Å². The molecule has 0 N–H and O–H groups in total. The highest BCUT2D eigenvalue weighted by Crippen LogP contribution is 2.23. The van der Waals surface area contributed by atoms with E-state index in [0.717, 1.165) is 10.9 Å². The van der Waals surface area contributed by atoms with E-state index in [1.54, 1.807) is 0 Å². The Labute approximate surface area is 105 Å². The van der Waals surface area contributed by atoms with E-state index in [1.165, 1.54) is 23.1 Å². The van der Waals surface area contributed by atoms with Gasteiger partial charge in [-0.3, -0.25) is 0 Å². The smallest absolute Gasteiger partial charge is 0.0181 e. The Morgan fingerprint density at radius 1 is 1.12 bits per heavy atom. The van der Waals surface area contributed by atoms with E-state index in [-0.39, 0.29) is 0 Å². The third-order valence-electron chi connectivity index (χ3n) is 2.55. The van der Waals surface area contributed by atoms with Crippen LogP contribution in [-0.4, -0.2) is 0 Å². The van der Waals surface area contributed by atoms with Gasteiger partial charge in [-0.1, -0.05) is 53.5 Å². The average molecular weight is 274 g/mol. The van der Waals surface area contributed by atoms with Crippen molar-refractivity contribution < 1.29 is 0 Å². The minimum atomic E-state index is 1.11. The number of hydrogen-bond donors (Lipinski definition) is 0. The highest BCUT2D eigenvalue weighted by molar-refractivity contribution is 9.10. The molecule has 2 rings (SSSR count). The van der Waals surface area contributed by atoms with Gasteiger partial charge in [0, 0.05) is 4.47 Å². The first-order valence-electron chi connectivity index (χ1n) is 5.56. The SMILES string of the molecule is CCCc1[c]cc(-c2cccc(Br)c2)cc1. The summed E-state index contributed by atoms with van der Waals surface area (Å²) < 4.78 is 1.11. The predicted molar refractivity (Wildman–Crippen MR) is 72.4 cm³/mol. The van der Waals surface area contributed by atoms with Crippen molar-refractivity contribution in [1.82, 2.24) is 0 Å². The van der Waals surface area contributed by atoms with Crippen LogP contribution in [0.3, 0.4) is 0 Å². The second-order valence-electron chi connectivity index (χ2n) is 3.86. The van der Waals surface area contributed by atoms with Crippen molar-refractivity contribution in [2.24, 2.45) is 0 Å². The molecule has 0 heterocycles. The first kappa shape index (κ1) is 11.4. The molecule has 0 bridgehead atoms. The van der Waals surface area contributed by atoms with Crippen LogP contribution in [0.5, 0.6) is 0 Å². The Balaban J connectivity index is 2.27. The fourth-order valence-corrected chi connectivity index (χ4v) is 2.13. The molecule has 1 heteroatoms. The van der Waals surface area contributed by atoms with Crippen molar-refractivity contribution in [3.63, 3.8) is 0 Å². The zero-order valence-corrected chi connectivity index (χ0v) is 10.9. The molecule has 0 fully saturated rings. The van der Waals surface area contributed by atoms with Crippen molar-refractivity contribution in [3.8, 4) is 11.1 Å². The Bertz CT molecular complexity index is 457. The van der Waals surface area contributed by atoms with Gasteiger partial charge in [0.05, 0.1) is 0 Å². The van der Waals surface area contributed by atoms with Crippen molar-refractivity contribution in [3.05, 3.63) is 58.6 Å². The maximum atomic E-state index is 3.49. The summed E-state index contributed by atoms with van der Waals surface area (Å²) >= 11 is 3.49. The van der Waals surface area contributed by atoms with E-state index in [2.05, 4.69) is 65.3 Å². The van der Waals surface area contributed by atoms with Gasteiger partial charge in [0.15, 0.2) is 0 Å². The fraction of sp³-hybridized carbons (Fsp3) is 0.200. The number of hydrogen-bond acceptors (Lipinski definition) is 0. The van der Waals surface area contributed by atoms with Gasteiger partial charge in [-0.25, -0.2) is 0 Å². The molecule has 0 aromatic heterocycles. The molecule has 2 aromatic carbocycles. The summed E-state index contributed by atoms with van der Waals surface area (Å²) in [5.41, 5.74) is 3.75. The van der Waals surface area contributed by atoms with Crippen LogP contribution in [0.4, 0.5) is 0 Å². The fourth-order valence-electron chi connectivity index (χ4n) is 1.73. The van der Waals surface area contributed by atoms with E-state index in [4.69, 9.17) is 0 Å². The molecule has 0 aliphatic rings. The maximum absolute atomic E-state index is 3.49. The summed E-state index contributed by atoms with van der Waals surface area (Å²) in [6.07, 6.45) is 2.28. The maximum Gasteiger partial charge on any atom is 0.0181 e. The quantitative estimate of drug-likeness (QED) is 0.749. The molecule has 16 heavy (non-hydrogen) atoms. The highest BCUT2D eigenvalue weighted by Gasteiger charge is 1.98. The first-order chi connectivity index (χ1) is 7.79. The lowest BCUT2D eigenvalue weighted by molar-refractivity contribution is 0.920. The van der Waals surface area contributed by atoms with Crippen molar-refractivity contribution in [2.75, 3.05) is 0 Å². The number of halogens is 1. The molecular formula is C15H14Br. The molecule has 0 spiro atoms. The van der Waals surface area contributed by atoms with Gasteiger partial charge < -0.3 is 0 Å². The van der Waals surface area contributed by atoms with Crippen LogP contribution < -0.4 is 0 Å². The van der Waals surface area contributed by atoms with Gasteiger partial charge in [0.2, 0.25) is 0 Å². The second kappa shape index (κ2) is 5.31. The third kappa shape index (κ3) is 2.73. The van der Waals surface area contributed by atoms with Crippen LogP contribution in [-0.2, 0) is 6.42 Å². The summed E-state index contributed by atoms with van der Waals surface area (Å²) in [6.45, 7) is 2.19. The molecule has 0 nitrogen and oxygen atoms in total. The minimum absolute atomic E-state index is 1.11. The Hall–Kier alpha value is -1.08. The van der Waals surface area contributed by atoms with E-state index in [1.807, 2.05) is 6.07 Å². The number of rotatable bonds is 3. The number of benzene rings is 2. The van der Waals surface area contributed by atoms with Crippen LogP contribution in [0.25, 0.3) is 11.1 Å². The standard InChI is InChI=1S/C15H14Br/c1-2-4-12-7-9-13(10-8-12)14-5-3-6-15(16)11-14/h3,5-7,9-11H,2,4H2,1H3. The molecule has 0 aliphatic carbocycles. The van der Waals surface area contributed by atoms with Crippen LogP contribution in [0.15, 0.2) is 46.9 Å². The molecule has 0 saturated carbocycles. The lowest BCUT2D eigenvalue weighted by Gasteiger charge is -2.03. The molecule has 0 aliphatic heterocycles. The van der Waals surface area contributed by atoms with Crippen LogP contribution in [0.2, 0.25) is 0 Å². The van der Waals surface area contributed by atoms with Gasteiger partial charge >= 0.3 is 0 Å². The summed E-state index contributed by atoms with van der Waals surface area (Å²) in [5, 5.41) is 0. The summed E-state index contributed by atoms with van der Waals surface area (Å²) in [6, 6.07) is 18.1. The molecule has 0 saturated heterocycles. The topological polar surface area (TPSA) is 0 Å². The zero-order chi connectivity index (χ0) is 11.4. The molecule has 81 valence electrons. The Morgan fingerprint density at radius 2 is 2.00 bits per heavy atom. The second-order valence-corrected chi connectivity index (χ2v) is 4.78. The summed E-state index contributed by atoms with van der Waals surface area (Å²) in [4.78, 5) is 0.